The summed E-state index contributed by atoms with van der Waals surface area (Å²) in [5.74, 6) is 1.07. The van der Waals surface area contributed by atoms with Gasteiger partial charge in [-0.25, -0.2) is 18.1 Å². The van der Waals surface area contributed by atoms with E-state index in [0.29, 0.717) is 68.7 Å². The van der Waals surface area contributed by atoms with Gasteiger partial charge in [0.1, 0.15) is 17.0 Å². The highest BCUT2D eigenvalue weighted by molar-refractivity contribution is 7.92. The van der Waals surface area contributed by atoms with E-state index in [2.05, 4.69) is 10.3 Å². The van der Waals surface area contributed by atoms with Crippen LogP contribution in [0.2, 0.25) is 0 Å². The molecule has 43 heavy (non-hydrogen) atoms. The zero-order valence-corrected chi connectivity index (χ0v) is 25.3. The van der Waals surface area contributed by atoms with Crippen LogP contribution >= 0.6 is 0 Å². The van der Waals surface area contributed by atoms with E-state index in [0.717, 1.165) is 30.3 Å². The Balaban J connectivity index is 1.61. The summed E-state index contributed by atoms with van der Waals surface area (Å²) in [4.78, 5) is 17.8. The van der Waals surface area contributed by atoms with E-state index in [1.165, 1.54) is 18.5 Å². The summed E-state index contributed by atoms with van der Waals surface area (Å²) in [5.41, 5.74) is 5.19. The summed E-state index contributed by atoms with van der Waals surface area (Å²) in [6.45, 7) is 3.33. The minimum Gasteiger partial charge on any atom is -0.481 e. The van der Waals surface area contributed by atoms with E-state index in [4.69, 9.17) is 19.0 Å². The van der Waals surface area contributed by atoms with Gasteiger partial charge in [-0.05, 0) is 19.1 Å². The Labute approximate surface area is 249 Å². The van der Waals surface area contributed by atoms with E-state index in [1.807, 2.05) is 43.3 Å². The number of pyridine rings is 1. The molecule has 222 valence electrons. The zero-order chi connectivity index (χ0) is 30.5. The van der Waals surface area contributed by atoms with Crippen molar-refractivity contribution in [2.24, 2.45) is 0 Å². The van der Waals surface area contributed by atoms with Crippen molar-refractivity contribution in [2.75, 3.05) is 38.4 Å². The van der Waals surface area contributed by atoms with Gasteiger partial charge < -0.3 is 19.2 Å². The van der Waals surface area contributed by atoms with Gasteiger partial charge in [0.25, 0.3) is 5.91 Å². The number of methoxy groups -OCH3 is 1. The molecule has 3 aromatic heterocycles. The molecule has 0 saturated carbocycles. The highest BCUT2D eigenvalue weighted by Crippen LogP contribution is 2.43. The van der Waals surface area contributed by atoms with Gasteiger partial charge >= 0.3 is 0 Å². The molecule has 0 fully saturated rings. The predicted molar refractivity (Wildman–Crippen MR) is 164 cm³/mol. The highest BCUT2D eigenvalue weighted by atomic mass is 32.2. The molecule has 0 bridgehead atoms. The van der Waals surface area contributed by atoms with Crippen molar-refractivity contribution in [3.8, 4) is 45.5 Å². The molecule has 0 aliphatic carbocycles. The fourth-order valence-electron chi connectivity index (χ4n) is 5.21. The number of rotatable bonds is 7. The van der Waals surface area contributed by atoms with Crippen LogP contribution in [0.1, 0.15) is 22.3 Å². The lowest BCUT2D eigenvalue weighted by Crippen LogP contribution is -2.25. The van der Waals surface area contributed by atoms with Crippen LogP contribution in [-0.4, -0.2) is 63.2 Å². The molecule has 5 aromatic rings. The minimum absolute atomic E-state index is 0.332. The summed E-state index contributed by atoms with van der Waals surface area (Å²) in [6, 6.07) is 14.7. The molecule has 0 radical (unpaired) electrons. The summed E-state index contributed by atoms with van der Waals surface area (Å²) in [7, 11) is 0.881. The lowest BCUT2D eigenvalue weighted by molar-refractivity contribution is 0.0964. The third-order valence-corrected chi connectivity index (χ3v) is 8.74. The molecule has 11 nitrogen and oxygen atoms in total. The highest BCUT2D eigenvalue weighted by Gasteiger charge is 2.27. The Kier molecular flexibility index (Phi) is 7.09. The Hall–Kier alpha value is -4.84. The van der Waals surface area contributed by atoms with Gasteiger partial charge in [0.05, 0.1) is 36.8 Å². The third-order valence-electron chi connectivity index (χ3n) is 7.55. The number of nitrogens with one attached hydrogen (secondary N) is 1. The van der Waals surface area contributed by atoms with Crippen LogP contribution < -0.4 is 19.1 Å². The van der Waals surface area contributed by atoms with Gasteiger partial charge in [-0.2, -0.15) is 5.10 Å². The van der Waals surface area contributed by atoms with Crippen molar-refractivity contribution in [2.45, 2.75) is 19.9 Å². The van der Waals surface area contributed by atoms with E-state index < -0.39 is 10.0 Å². The second-order valence-electron chi connectivity index (χ2n) is 10.4. The molecule has 0 spiro atoms. The topological polar surface area (TPSA) is 129 Å². The molecule has 2 aromatic carbocycles. The number of fused-ring (bicyclic) bond motifs is 2. The summed E-state index contributed by atoms with van der Waals surface area (Å²) < 4.78 is 46.2. The van der Waals surface area contributed by atoms with Crippen molar-refractivity contribution in [3.63, 3.8) is 0 Å². The molecule has 0 atom stereocenters. The standard InChI is InChI=1S/C31H31N5O6S/c1-18-7-9-19(10-8-18)29-28(30(37)32-2)23-14-21(25(16-26(23)42-29)35(3)43(5,38)39)20-13-22(31(40-4)33-17-20)24-15-27-36(34-24)11-6-12-41-27/h7-10,13-17H,6,11-12H2,1-5H3,(H,32,37). The number of anilines is 1. The number of ether oxygens (including phenoxy) is 2. The maximum atomic E-state index is 13.3. The molecule has 4 heterocycles. The number of aryl methyl sites for hydroxylation is 2. The number of carbonyl (C=O) groups is 1. The smallest absolute Gasteiger partial charge is 0.255 e. The van der Waals surface area contributed by atoms with Gasteiger partial charge in [0.2, 0.25) is 21.8 Å². The van der Waals surface area contributed by atoms with E-state index >= 15 is 0 Å². The average Bonchev–Trinajstić information content (AvgIpc) is 3.61. The number of amides is 1. The fraction of sp³-hybridized carbons (Fsp3) is 0.258. The average molecular weight is 602 g/mol. The van der Waals surface area contributed by atoms with Crippen LogP contribution in [0.3, 0.4) is 0 Å². The van der Waals surface area contributed by atoms with Gasteiger partial charge in [-0.15, -0.1) is 0 Å². The van der Waals surface area contributed by atoms with Crippen LogP contribution in [0.15, 0.2) is 59.1 Å². The molecular weight excluding hydrogens is 570 g/mol. The van der Waals surface area contributed by atoms with Crippen LogP contribution in [0.25, 0.3) is 44.7 Å². The Morgan fingerprint density at radius 2 is 1.86 bits per heavy atom. The molecule has 1 N–H and O–H groups in total. The van der Waals surface area contributed by atoms with Gasteiger partial charge in [0.15, 0.2) is 0 Å². The first-order valence-corrected chi connectivity index (χ1v) is 15.5. The van der Waals surface area contributed by atoms with Crippen LogP contribution in [0, 0.1) is 6.92 Å². The van der Waals surface area contributed by atoms with Crippen LogP contribution in [0.5, 0.6) is 11.8 Å². The lowest BCUT2D eigenvalue weighted by Gasteiger charge is -2.21. The van der Waals surface area contributed by atoms with Crippen LogP contribution in [0.4, 0.5) is 5.69 Å². The molecule has 0 saturated heterocycles. The Bertz CT molecular complexity index is 1950. The first-order valence-electron chi connectivity index (χ1n) is 13.7. The van der Waals surface area contributed by atoms with Crippen molar-refractivity contribution in [1.29, 1.82) is 0 Å². The number of hydrogen-bond acceptors (Lipinski definition) is 8. The first-order chi connectivity index (χ1) is 20.6. The largest absolute Gasteiger partial charge is 0.481 e. The number of carbonyl (C=O) groups excluding carboxylic acids is 1. The molecule has 1 amide bonds. The Morgan fingerprint density at radius 3 is 2.53 bits per heavy atom. The number of furan rings is 1. The number of sulfonamides is 1. The van der Waals surface area contributed by atoms with Crippen LogP contribution in [-0.2, 0) is 16.6 Å². The number of hydrogen-bond donors (Lipinski definition) is 1. The second kappa shape index (κ2) is 10.8. The number of aromatic nitrogens is 3. The number of benzene rings is 2. The van der Waals surface area contributed by atoms with Gasteiger partial charge in [-0.1, -0.05) is 29.8 Å². The normalized spacial score (nSPS) is 13.0. The van der Waals surface area contributed by atoms with Crippen molar-refractivity contribution < 1.29 is 27.1 Å². The van der Waals surface area contributed by atoms with Gasteiger partial charge in [0, 0.05) is 67.5 Å². The third kappa shape index (κ3) is 5.07. The molecule has 6 rings (SSSR count). The fourth-order valence-corrected chi connectivity index (χ4v) is 5.71. The SMILES string of the molecule is CNC(=O)c1c(-c2ccc(C)cc2)oc2cc(N(C)S(C)(=O)=O)c(-c3cnc(OC)c(-c4cc5n(n4)CCCO5)c3)cc12. The van der Waals surface area contributed by atoms with Crippen molar-refractivity contribution in [3.05, 3.63) is 65.9 Å². The molecule has 0 unspecified atom stereocenters. The summed E-state index contributed by atoms with van der Waals surface area (Å²) in [5, 5.41) is 7.94. The monoisotopic (exact) mass is 601 g/mol. The number of nitrogens with zero attached hydrogens (tertiary/aromatic N) is 4. The van der Waals surface area contributed by atoms with E-state index in [9.17, 15) is 13.2 Å². The maximum Gasteiger partial charge on any atom is 0.255 e. The zero-order valence-electron chi connectivity index (χ0n) is 24.5. The first kappa shape index (κ1) is 28.3. The lowest BCUT2D eigenvalue weighted by atomic mass is 9.98. The van der Waals surface area contributed by atoms with Gasteiger partial charge in [-0.3, -0.25) is 9.10 Å². The van der Waals surface area contributed by atoms with E-state index in [1.54, 1.807) is 30.1 Å². The molecule has 1 aliphatic heterocycles. The minimum atomic E-state index is -3.68. The molecule has 12 heteroatoms. The second-order valence-corrected chi connectivity index (χ2v) is 12.4. The molecule has 1 aliphatic rings. The van der Waals surface area contributed by atoms with Crippen molar-refractivity contribution >= 4 is 32.6 Å². The predicted octanol–water partition coefficient (Wildman–Crippen LogP) is 4.88. The van der Waals surface area contributed by atoms with Crippen molar-refractivity contribution in [1.82, 2.24) is 20.1 Å². The maximum absolute atomic E-state index is 13.3. The Morgan fingerprint density at radius 1 is 1.09 bits per heavy atom. The molecular formula is C31H31N5O6S. The van der Waals surface area contributed by atoms with E-state index in [-0.39, 0.29) is 5.91 Å². The quantitative estimate of drug-likeness (QED) is 0.280. The summed E-state index contributed by atoms with van der Waals surface area (Å²) >= 11 is 0. The summed E-state index contributed by atoms with van der Waals surface area (Å²) in [6.07, 6.45) is 3.59.